The van der Waals surface area contributed by atoms with Crippen LogP contribution in [-0.4, -0.2) is 35.6 Å². The van der Waals surface area contributed by atoms with Crippen LogP contribution >= 0.6 is 0 Å². The van der Waals surface area contributed by atoms with Crippen molar-refractivity contribution in [3.8, 4) is 0 Å². The van der Waals surface area contributed by atoms with Crippen molar-refractivity contribution in [2.24, 2.45) is 5.41 Å². The summed E-state index contributed by atoms with van der Waals surface area (Å²) >= 11 is 0. The maximum absolute atomic E-state index is 11.8. The van der Waals surface area contributed by atoms with Crippen molar-refractivity contribution >= 4 is 11.8 Å². The van der Waals surface area contributed by atoms with Crippen molar-refractivity contribution < 1.29 is 14.7 Å². The first-order valence-corrected chi connectivity index (χ1v) is 5.86. The van der Waals surface area contributed by atoms with Gasteiger partial charge in [-0.1, -0.05) is 20.8 Å². The summed E-state index contributed by atoms with van der Waals surface area (Å²) in [6.07, 6.45) is 0.502. The number of rotatable bonds is 5. The molecule has 0 bridgehead atoms. The Morgan fingerprint density at radius 1 is 1.24 bits per heavy atom. The lowest BCUT2D eigenvalue weighted by molar-refractivity contribution is -0.128. The van der Waals surface area contributed by atoms with E-state index in [1.165, 1.54) is 6.92 Å². The Morgan fingerprint density at radius 3 is 2.12 bits per heavy atom. The number of aliphatic hydroxyl groups excluding tert-OH is 1. The fraction of sp³-hybridized carbons (Fsp3) is 0.833. The second-order valence-electron chi connectivity index (χ2n) is 5.36. The average Bonchev–Trinajstić information content (AvgIpc) is 2.14. The Kier molecular flexibility index (Phi) is 6.16. The summed E-state index contributed by atoms with van der Waals surface area (Å²) in [5.41, 5.74) is -0.131. The van der Waals surface area contributed by atoms with E-state index in [0.717, 1.165) is 0 Å². The van der Waals surface area contributed by atoms with Crippen LogP contribution in [0.15, 0.2) is 0 Å². The highest BCUT2D eigenvalue weighted by atomic mass is 16.3. The summed E-state index contributed by atoms with van der Waals surface area (Å²) in [6, 6.07) is -0.674. The topological polar surface area (TPSA) is 78.4 Å². The quantitative estimate of drug-likeness (QED) is 0.656. The molecule has 100 valence electrons. The Balaban J connectivity index is 4.45. The molecule has 0 fully saturated rings. The second kappa shape index (κ2) is 6.59. The van der Waals surface area contributed by atoms with Gasteiger partial charge in [0.1, 0.15) is 6.04 Å². The number of aliphatic hydroxyl groups is 1. The molecular weight excluding hydrogens is 220 g/mol. The molecule has 0 rings (SSSR count). The van der Waals surface area contributed by atoms with Crippen molar-refractivity contribution in [3.05, 3.63) is 0 Å². The molecule has 3 N–H and O–H groups in total. The van der Waals surface area contributed by atoms with Gasteiger partial charge < -0.3 is 15.7 Å². The van der Waals surface area contributed by atoms with Crippen LogP contribution in [0, 0.1) is 5.41 Å². The number of carbonyl (C=O) groups is 2. The monoisotopic (exact) mass is 244 g/mol. The highest BCUT2D eigenvalue weighted by molar-refractivity contribution is 5.86. The summed E-state index contributed by atoms with van der Waals surface area (Å²) in [4.78, 5) is 22.6. The molecule has 0 aliphatic carbocycles. The summed E-state index contributed by atoms with van der Waals surface area (Å²) in [5, 5.41) is 14.4. The van der Waals surface area contributed by atoms with Gasteiger partial charge >= 0.3 is 0 Å². The molecule has 0 saturated carbocycles. The predicted molar refractivity (Wildman–Crippen MR) is 66.4 cm³/mol. The lowest BCUT2D eigenvalue weighted by atomic mass is 9.85. The molecule has 0 heterocycles. The fourth-order valence-electron chi connectivity index (χ4n) is 1.52. The van der Waals surface area contributed by atoms with Crippen LogP contribution in [0.3, 0.4) is 0 Å². The van der Waals surface area contributed by atoms with Crippen LogP contribution in [0.2, 0.25) is 0 Å². The molecule has 17 heavy (non-hydrogen) atoms. The molecule has 5 nitrogen and oxygen atoms in total. The van der Waals surface area contributed by atoms with E-state index in [4.69, 9.17) is 5.11 Å². The highest BCUT2D eigenvalue weighted by Crippen LogP contribution is 2.21. The minimum absolute atomic E-state index is 0.0245. The van der Waals surface area contributed by atoms with Gasteiger partial charge in [-0.05, 0) is 18.8 Å². The molecule has 2 unspecified atom stereocenters. The zero-order chi connectivity index (χ0) is 13.6. The molecule has 0 spiro atoms. The van der Waals surface area contributed by atoms with E-state index < -0.39 is 6.04 Å². The van der Waals surface area contributed by atoms with Gasteiger partial charge in [0.25, 0.3) is 0 Å². The third kappa shape index (κ3) is 6.26. The molecule has 5 heteroatoms. The summed E-state index contributed by atoms with van der Waals surface area (Å²) < 4.78 is 0. The molecule has 0 aromatic carbocycles. The SMILES string of the molecule is CC(=O)NC(C)C(=O)NC(CCO)C(C)(C)C. The van der Waals surface area contributed by atoms with Crippen LogP contribution in [0.4, 0.5) is 0 Å². The Morgan fingerprint density at radius 2 is 1.76 bits per heavy atom. The largest absolute Gasteiger partial charge is 0.396 e. The van der Waals surface area contributed by atoms with Gasteiger partial charge in [-0.25, -0.2) is 0 Å². The molecule has 2 atom stereocenters. The first-order chi connectivity index (χ1) is 7.68. The molecule has 0 aliphatic heterocycles. The fourth-order valence-corrected chi connectivity index (χ4v) is 1.52. The summed E-state index contributed by atoms with van der Waals surface area (Å²) in [5.74, 6) is -0.462. The van der Waals surface area contributed by atoms with Gasteiger partial charge in [-0.2, -0.15) is 0 Å². The van der Waals surface area contributed by atoms with Crippen LogP contribution in [0.5, 0.6) is 0 Å². The normalized spacial score (nSPS) is 14.9. The van der Waals surface area contributed by atoms with Gasteiger partial charge in [0.15, 0.2) is 0 Å². The van der Waals surface area contributed by atoms with Crippen LogP contribution in [-0.2, 0) is 9.59 Å². The van der Waals surface area contributed by atoms with Gasteiger partial charge in [0, 0.05) is 19.6 Å². The minimum atomic E-state index is -0.559. The van der Waals surface area contributed by atoms with Crippen molar-refractivity contribution in [1.82, 2.24) is 10.6 Å². The average molecular weight is 244 g/mol. The first kappa shape index (κ1) is 15.9. The molecule has 0 saturated heterocycles. The Hall–Kier alpha value is -1.10. The predicted octanol–water partition coefficient (Wildman–Crippen LogP) is 0.424. The third-order valence-corrected chi connectivity index (χ3v) is 2.59. The number of nitrogens with one attached hydrogen (secondary N) is 2. The van der Waals surface area contributed by atoms with Crippen LogP contribution in [0.1, 0.15) is 41.0 Å². The molecule has 0 aromatic heterocycles. The van der Waals surface area contributed by atoms with E-state index >= 15 is 0 Å². The summed E-state index contributed by atoms with van der Waals surface area (Å²) in [6.45, 7) is 9.02. The Labute approximate surface area is 103 Å². The van der Waals surface area contributed by atoms with Crippen molar-refractivity contribution in [2.45, 2.75) is 53.1 Å². The van der Waals surface area contributed by atoms with E-state index in [1.807, 2.05) is 20.8 Å². The first-order valence-electron chi connectivity index (χ1n) is 5.86. The second-order valence-corrected chi connectivity index (χ2v) is 5.36. The maximum atomic E-state index is 11.8. The van der Waals surface area contributed by atoms with Crippen LogP contribution in [0.25, 0.3) is 0 Å². The van der Waals surface area contributed by atoms with Gasteiger partial charge in [-0.15, -0.1) is 0 Å². The van der Waals surface area contributed by atoms with Crippen molar-refractivity contribution in [1.29, 1.82) is 0 Å². The molecule has 2 amide bonds. The number of amides is 2. The third-order valence-electron chi connectivity index (χ3n) is 2.59. The van der Waals surface area contributed by atoms with Gasteiger partial charge in [0.05, 0.1) is 0 Å². The van der Waals surface area contributed by atoms with Crippen molar-refractivity contribution in [2.75, 3.05) is 6.61 Å². The van der Waals surface area contributed by atoms with E-state index in [9.17, 15) is 9.59 Å². The Bertz CT molecular complexity index is 271. The highest BCUT2D eigenvalue weighted by Gasteiger charge is 2.27. The molecule has 0 radical (unpaired) electrons. The number of hydrogen-bond donors (Lipinski definition) is 3. The zero-order valence-electron chi connectivity index (χ0n) is 11.3. The maximum Gasteiger partial charge on any atom is 0.242 e. The number of hydrogen-bond acceptors (Lipinski definition) is 3. The van der Waals surface area contributed by atoms with E-state index in [1.54, 1.807) is 6.92 Å². The smallest absolute Gasteiger partial charge is 0.242 e. The summed E-state index contributed by atoms with van der Waals surface area (Å²) in [7, 11) is 0. The zero-order valence-corrected chi connectivity index (χ0v) is 11.3. The minimum Gasteiger partial charge on any atom is -0.396 e. The molecular formula is C12H24N2O3. The lowest BCUT2D eigenvalue weighted by Gasteiger charge is -2.32. The molecule has 0 aliphatic rings. The standard InChI is InChI=1S/C12H24N2O3/c1-8(13-9(2)16)11(17)14-10(6-7-15)12(3,4)5/h8,10,15H,6-7H2,1-5H3,(H,13,16)(H,14,17). The van der Waals surface area contributed by atoms with Gasteiger partial charge in [0.2, 0.25) is 11.8 Å². The van der Waals surface area contributed by atoms with E-state index in [2.05, 4.69) is 10.6 Å². The molecule has 0 aromatic rings. The van der Waals surface area contributed by atoms with Gasteiger partial charge in [-0.3, -0.25) is 9.59 Å². The van der Waals surface area contributed by atoms with Crippen LogP contribution < -0.4 is 10.6 Å². The van der Waals surface area contributed by atoms with Crippen molar-refractivity contribution in [3.63, 3.8) is 0 Å². The van der Waals surface area contributed by atoms with E-state index in [-0.39, 0.29) is 29.9 Å². The van der Waals surface area contributed by atoms with E-state index in [0.29, 0.717) is 6.42 Å². The lowest BCUT2D eigenvalue weighted by Crippen LogP contribution is -2.51. The number of carbonyl (C=O) groups excluding carboxylic acids is 2.